The van der Waals surface area contributed by atoms with Crippen LogP contribution in [0.5, 0.6) is 0 Å². The minimum Gasteiger partial charge on any atom is -0.347 e. The number of benzene rings is 1. The number of carbonyl (C=O) groups excluding carboxylic acids is 1. The lowest BCUT2D eigenvalue weighted by atomic mass is 10.1. The van der Waals surface area contributed by atoms with E-state index in [4.69, 9.17) is 0 Å². The molecule has 2 nitrogen and oxygen atoms in total. The maximum absolute atomic E-state index is 11.8. The summed E-state index contributed by atoms with van der Waals surface area (Å²) >= 11 is 0. The summed E-state index contributed by atoms with van der Waals surface area (Å²) in [4.78, 5) is 10.6. The van der Waals surface area contributed by atoms with E-state index in [-0.39, 0.29) is 6.54 Å². The second-order valence-corrected chi connectivity index (χ2v) is 3.19. The van der Waals surface area contributed by atoms with Crippen molar-refractivity contribution < 1.29 is 13.6 Å². The number of aryl methyl sites for hydroxylation is 1. The molecule has 0 aliphatic heterocycles. The van der Waals surface area contributed by atoms with Crippen LogP contribution in [0.4, 0.5) is 8.78 Å². The van der Waals surface area contributed by atoms with E-state index in [9.17, 15) is 13.6 Å². The quantitative estimate of drug-likeness (QED) is 0.815. The molecule has 1 aromatic carbocycles. The first-order chi connectivity index (χ1) is 7.13. The molecule has 15 heavy (non-hydrogen) atoms. The van der Waals surface area contributed by atoms with E-state index in [0.717, 1.165) is 12.0 Å². The van der Waals surface area contributed by atoms with Crippen LogP contribution in [0.15, 0.2) is 24.3 Å². The van der Waals surface area contributed by atoms with Gasteiger partial charge in [0.2, 0.25) is 0 Å². The molecule has 0 saturated heterocycles. The Bertz CT molecular complexity index is 322. The van der Waals surface area contributed by atoms with Gasteiger partial charge in [-0.1, -0.05) is 31.2 Å². The van der Waals surface area contributed by atoms with Crippen LogP contribution in [0.2, 0.25) is 0 Å². The van der Waals surface area contributed by atoms with Gasteiger partial charge in [0.1, 0.15) is 0 Å². The monoisotopic (exact) mass is 213 g/mol. The highest BCUT2D eigenvalue weighted by molar-refractivity contribution is 5.78. The second-order valence-electron chi connectivity index (χ2n) is 3.19. The van der Waals surface area contributed by atoms with Gasteiger partial charge in [0.15, 0.2) is 0 Å². The zero-order valence-corrected chi connectivity index (χ0v) is 8.47. The molecule has 0 spiro atoms. The summed E-state index contributed by atoms with van der Waals surface area (Å²) in [6.07, 6.45) is -2.01. The zero-order chi connectivity index (χ0) is 11.3. The van der Waals surface area contributed by atoms with Gasteiger partial charge in [0.25, 0.3) is 5.91 Å². The highest BCUT2D eigenvalue weighted by Crippen LogP contribution is 2.05. The average molecular weight is 213 g/mol. The first-order valence-corrected chi connectivity index (χ1v) is 4.77. The maximum atomic E-state index is 11.8. The van der Waals surface area contributed by atoms with Crippen molar-refractivity contribution in [1.82, 2.24) is 5.32 Å². The predicted octanol–water partition coefficient (Wildman–Crippen LogP) is 2.13. The fourth-order valence-corrected chi connectivity index (χ4v) is 1.16. The maximum Gasteiger partial charge on any atom is 0.315 e. The lowest BCUT2D eigenvalue weighted by molar-refractivity contribution is -0.131. The molecule has 1 aromatic rings. The molecule has 82 valence electrons. The summed E-state index contributed by atoms with van der Waals surface area (Å²) in [6.45, 7) is 2.18. The van der Waals surface area contributed by atoms with Gasteiger partial charge < -0.3 is 5.32 Å². The van der Waals surface area contributed by atoms with Crippen LogP contribution in [0.25, 0.3) is 0 Å². The SMILES string of the molecule is CCc1ccc(CNC(=O)C(F)F)cc1. The number of carbonyl (C=O) groups is 1. The van der Waals surface area contributed by atoms with E-state index in [0.29, 0.717) is 0 Å². The van der Waals surface area contributed by atoms with Gasteiger partial charge in [-0.2, -0.15) is 8.78 Å². The van der Waals surface area contributed by atoms with Gasteiger partial charge in [-0.15, -0.1) is 0 Å². The molecule has 0 bridgehead atoms. The number of hydrogen-bond donors (Lipinski definition) is 1. The third-order valence-corrected chi connectivity index (χ3v) is 2.10. The van der Waals surface area contributed by atoms with Gasteiger partial charge in [-0.3, -0.25) is 4.79 Å². The summed E-state index contributed by atoms with van der Waals surface area (Å²) in [7, 11) is 0. The fraction of sp³-hybridized carbons (Fsp3) is 0.364. The molecule has 1 N–H and O–H groups in total. The Balaban J connectivity index is 2.47. The van der Waals surface area contributed by atoms with Crippen LogP contribution in [0.3, 0.4) is 0 Å². The van der Waals surface area contributed by atoms with Crippen molar-refractivity contribution in [1.29, 1.82) is 0 Å². The number of amides is 1. The Hall–Kier alpha value is -1.45. The van der Waals surface area contributed by atoms with Crippen molar-refractivity contribution in [3.8, 4) is 0 Å². The van der Waals surface area contributed by atoms with Gasteiger partial charge in [-0.05, 0) is 17.5 Å². The van der Waals surface area contributed by atoms with E-state index in [2.05, 4.69) is 5.32 Å². The molecule has 0 unspecified atom stereocenters. The van der Waals surface area contributed by atoms with Crippen molar-refractivity contribution in [2.24, 2.45) is 0 Å². The number of alkyl halides is 2. The Morgan fingerprint density at radius 3 is 2.27 bits per heavy atom. The van der Waals surface area contributed by atoms with Crippen molar-refractivity contribution in [2.75, 3.05) is 0 Å². The molecule has 0 fully saturated rings. The molecule has 1 amide bonds. The number of hydrogen-bond acceptors (Lipinski definition) is 1. The highest BCUT2D eigenvalue weighted by Gasteiger charge is 2.13. The van der Waals surface area contributed by atoms with Crippen molar-refractivity contribution in [3.63, 3.8) is 0 Å². The molecular formula is C11H13F2NO. The minimum atomic E-state index is -2.94. The van der Waals surface area contributed by atoms with Gasteiger partial charge in [0.05, 0.1) is 0 Å². The summed E-state index contributed by atoms with van der Waals surface area (Å²) in [5, 5.41) is 2.15. The van der Waals surface area contributed by atoms with Crippen molar-refractivity contribution >= 4 is 5.91 Å². The number of rotatable bonds is 4. The Kier molecular flexibility index (Phi) is 4.21. The molecular weight excluding hydrogens is 200 g/mol. The number of halogens is 2. The standard InChI is InChI=1S/C11H13F2NO/c1-2-8-3-5-9(6-4-8)7-14-11(15)10(12)13/h3-6,10H,2,7H2,1H3,(H,14,15). The largest absolute Gasteiger partial charge is 0.347 e. The first-order valence-electron chi connectivity index (χ1n) is 4.77. The Morgan fingerprint density at radius 2 is 1.80 bits per heavy atom. The van der Waals surface area contributed by atoms with E-state index in [1.807, 2.05) is 31.2 Å². The van der Waals surface area contributed by atoms with E-state index < -0.39 is 12.3 Å². The van der Waals surface area contributed by atoms with E-state index in [1.54, 1.807) is 0 Å². The summed E-state index contributed by atoms with van der Waals surface area (Å²) in [5.74, 6) is -1.23. The van der Waals surface area contributed by atoms with Gasteiger partial charge in [-0.25, -0.2) is 0 Å². The zero-order valence-electron chi connectivity index (χ0n) is 8.47. The number of nitrogens with one attached hydrogen (secondary N) is 1. The molecule has 0 aliphatic carbocycles. The van der Waals surface area contributed by atoms with Crippen LogP contribution in [0.1, 0.15) is 18.1 Å². The molecule has 0 aromatic heterocycles. The lowest BCUT2D eigenvalue weighted by Gasteiger charge is -2.05. The summed E-state index contributed by atoms with van der Waals surface area (Å²) in [6, 6.07) is 7.49. The third-order valence-electron chi connectivity index (χ3n) is 2.10. The Labute approximate surface area is 87.3 Å². The van der Waals surface area contributed by atoms with E-state index in [1.165, 1.54) is 5.56 Å². The highest BCUT2D eigenvalue weighted by atomic mass is 19.3. The molecule has 1 rings (SSSR count). The molecule has 0 radical (unpaired) electrons. The topological polar surface area (TPSA) is 29.1 Å². The molecule has 4 heteroatoms. The van der Waals surface area contributed by atoms with Crippen LogP contribution in [0, 0.1) is 0 Å². The smallest absolute Gasteiger partial charge is 0.315 e. The molecule has 0 atom stereocenters. The lowest BCUT2D eigenvalue weighted by Crippen LogP contribution is -2.28. The van der Waals surface area contributed by atoms with Gasteiger partial charge in [0, 0.05) is 6.54 Å². The van der Waals surface area contributed by atoms with Crippen LogP contribution in [-0.2, 0) is 17.8 Å². The molecule has 0 aliphatic rings. The van der Waals surface area contributed by atoms with Crippen LogP contribution >= 0.6 is 0 Å². The molecule has 0 saturated carbocycles. The minimum absolute atomic E-state index is 0.146. The summed E-state index contributed by atoms with van der Waals surface area (Å²) < 4.78 is 23.7. The van der Waals surface area contributed by atoms with Crippen molar-refractivity contribution in [3.05, 3.63) is 35.4 Å². The van der Waals surface area contributed by atoms with Gasteiger partial charge >= 0.3 is 6.43 Å². The van der Waals surface area contributed by atoms with Crippen molar-refractivity contribution in [2.45, 2.75) is 26.3 Å². The fourth-order valence-electron chi connectivity index (χ4n) is 1.16. The normalized spacial score (nSPS) is 10.4. The average Bonchev–Trinajstić information content (AvgIpc) is 2.26. The van der Waals surface area contributed by atoms with Crippen LogP contribution in [-0.4, -0.2) is 12.3 Å². The molecule has 0 heterocycles. The second kappa shape index (κ2) is 5.44. The third kappa shape index (κ3) is 3.65. The predicted molar refractivity (Wildman–Crippen MR) is 53.7 cm³/mol. The Morgan fingerprint density at radius 1 is 1.27 bits per heavy atom. The van der Waals surface area contributed by atoms with Crippen LogP contribution < -0.4 is 5.32 Å². The van der Waals surface area contributed by atoms with E-state index >= 15 is 0 Å². The first kappa shape index (κ1) is 11.6. The summed E-state index contributed by atoms with van der Waals surface area (Å²) in [5.41, 5.74) is 2.00.